The minimum atomic E-state index is -0.962. The zero-order chi connectivity index (χ0) is 28.4. The molecule has 1 saturated heterocycles. The zero-order valence-corrected chi connectivity index (χ0v) is 21.5. The fourth-order valence-corrected chi connectivity index (χ4v) is 5.41. The summed E-state index contributed by atoms with van der Waals surface area (Å²) in [5.74, 6) is -2.96. The summed E-state index contributed by atoms with van der Waals surface area (Å²) in [5, 5.41) is 5.26. The average Bonchev–Trinajstić information content (AvgIpc) is 3.41. The molecular weight excluding hydrogens is 526 g/mol. The van der Waals surface area contributed by atoms with Gasteiger partial charge in [0.1, 0.15) is 18.2 Å². The molecule has 210 valence electrons. The summed E-state index contributed by atoms with van der Waals surface area (Å²) in [6.07, 6.45) is 2.36. The van der Waals surface area contributed by atoms with E-state index >= 15 is 0 Å². The average molecular weight is 555 g/mol. The van der Waals surface area contributed by atoms with Gasteiger partial charge in [-0.3, -0.25) is 19.3 Å². The lowest BCUT2D eigenvalue weighted by atomic mass is 9.75. The van der Waals surface area contributed by atoms with E-state index in [0.29, 0.717) is 30.4 Å². The molecule has 12 heteroatoms. The molecular formula is C28H28F2N4O6. The molecule has 2 fully saturated rings. The highest BCUT2D eigenvalue weighted by atomic mass is 19.1. The fraction of sp³-hybridized carbons (Fsp3) is 0.357. The third kappa shape index (κ3) is 5.47. The maximum atomic E-state index is 14.1. The number of carbonyl (C=O) groups is 4. The van der Waals surface area contributed by atoms with Crippen molar-refractivity contribution in [3.8, 4) is 11.5 Å². The van der Waals surface area contributed by atoms with Gasteiger partial charge in [0.2, 0.25) is 24.5 Å². The van der Waals surface area contributed by atoms with Crippen LogP contribution in [0.5, 0.6) is 11.5 Å². The number of fused-ring (bicyclic) bond motifs is 2. The zero-order valence-electron chi connectivity index (χ0n) is 21.5. The second-order valence-electron chi connectivity index (χ2n) is 9.91. The molecule has 1 aliphatic carbocycles. The van der Waals surface area contributed by atoms with Crippen molar-refractivity contribution in [2.24, 2.45) is 11.8 Å². The number of nitrogens with zero attached hydrogens (tertiary/aromatic N) is 2. The van der Waals surface area contributed by atoms with E-state index in [-0.39, 0.29) is 43.8 Å². The molecule has 0 radical (unpaired) electrons. The Labute approximate surface area is 228 Å². The monoisotopic (exact) mass is 554 g/mol. The number of benzene rings is 2. The molecule has 0 aromatic heterocycles. The molecule has 40 heavy (non-hydrogen) atoms. The number of imide groups is 1. The Hall–Kier alpha value is -4.48. The number of anilines is 1. The third-order valence-corrected chi connectivity index (χ3v) is 7.38. The van der Waals surface area contributed by atoms with Crippen molar-refractivity contribution >= 4 is 29.4 Å². The quantitative estimate of drug-likeness (QED) is 0.484. The molecule has 0 spiro atoms. The standard InChI is InChI=1S/C28H28F2N4O6/c1-2-9-33-27(37)19-6-4-17(26(36)31-13-16-3-8-23-24(10-16)40-15-39-23)11-22(19)34(28(33)38)14-25(35)32-21-7-5-18(29)12-20(21)30/h2-3,5,7-8,10,12,17,19,22H,1,4,6,9,11,13-15H2,(H,31,36)(H,32,35). The number of rotatable bonds is 8. The van der Waals surface area contributed by atoms with Crippen LogP contribution in [0.25, 0.3) is 0 Å². The fourth-order valence-electron chi connectivity index (χ4n) is 5.41. The molecule has 5 rings (SSSR count). The summed E-state index contributed by atoms with van der Waals surface area (Å²) < 4.78 is 38.0. The number of halogens is 2. The van der Waals surface area contributed by atoms with Crippen LogP contribution in [-0.4, -0.2) is 59.5 Å². The predicted octanol–water partition coefficient (Wildman–Crippen LogP) is 3.18. The Morgan fingerprint density at radius 3 is 2.65 bits per heavy atom. The SMILES string of the molecule is C=CCN1C(=O)C2CCC(C(=O)NCc3ccc4c(c3)OCO4)CC2N(CC(=O)Nc2ccc(F)cc2F)C1=O. The lowest BCUT2D eigenvalue weighted by Crippen LogP contribution is -2.64. The molecule has 3 aliphatic rings. The Balaban J connectivity index is 1.28. The van der Waals surface area contributed by atoms with Gasteiger partial charge in [0.15, 0.2) is 11.5 Å². The maximum absolute atomic E-state index is 14.1. The van der Waals surface area contributed by atoms with Gasteiger partial charge in [-0.15, -0.1) is 6.58 Å². The Bertz CT molecular complexity index is 1370. The van der Waals surface area contributed by atoms with Crippen molar-refractivity contribution < 1.29 is 37.4 Å². The minimum absolute atomic E-state index is 0.0367. The first-order chi connectivity index (χ1) is 19.2. The Morgan fingerprint density at radius 2 is 1.88 bits per heavy atom. The number of carbonyl (C=O) groups excluding carboxylic acids is 4. The highest BCUT2D eigenvalue weighted by Crippen LogP contribution is 2.38. The molecule has 2 aliphatic heterocycles. The van der Waals surface area contributed by atoms with Gasteiger partial charge in [-0.2, -0.15) is 0 Å². The van der Waals surface area contributed by atoms with Gasteiger partial charge >= 0.3 is 6.03 Å². The van der Waals surface area contributed by atoms with Crippen LogP contribution in [0.4, 0.5) is 19.3 Å². The lowest BCUT2D eigenvalue weighted by molar-refractivity contribution is -0.144. The van der Waals surface area contributed by atoms with Gasteiger partial charge in [0.25, 0.3) is 0 Å². The molecule has 2 aromatic rings. The highest BCUT2D eigenvalue weighted by Gasteiger charge is 2.49. The Kier molecular flexibility index (Phi) is 7.67. The molecule has 2 N–H and O–H groups in total. The van der Waals surface area contributed by atoms with Crippen LogP contribution in [0.15, 0.2) is 49.1 Å². The van der Waals surface area contributed by atoms with Crippen LogP contribution in [-0.2, 0) is 20.9 Å². The first-order valence-electron chi connectivity index (χ1n) is 12.9. The van der Waals surface area contributed by atoms with Gasteiger partial charge in [-0.1, -0.05) is 12.1 Å². The van der Waals surface area contributed by atoms with Crippen LogP contribution < -0.4 is 20.1 Å². The summed E-state index contributed by atoms with van der Waals surface area (Å²) in [5.41, 5.74) is 0.580. The number of urea groups is 1. The van der Waals surface area contributed by atoms with Gasteiger partial charge in [-0.05, 0) is 49.1 Å². The van der Waals surface area contributed by atoms with Crippen LogP contribution in [0.3, 0.4) is 0 Å². The van der Waals surface area contributed by atoms with Gasteiger partial charge in [0, 0.05) is 31.1 Å². The molecule has 3 unspecified atom stereocenters. The van der Waals surface area contributed by atoms with E-state index < -0.39 is 48.0 Å². The summed E-state index contributed by atoms with van der Waals surface area (Å²) in [6.45, 7) is 3.48. The molecule has 10 nitrogen and oxygen atoms in total. The summed E-state index contributed by atoms with van der Waals surface area (Å²) in [7, 11) is 0. The van der Waals surface area contributed by atoms with Crippen molar-refractivity contribution in [3.63, 3.8) is 0 Å². The van der Waals surface area contributed by atoms with E-state index in [1.165, 1.54) is 11.0 Å². The van der Waals surface area contributed by atoms with E-state index in [1.54, 1.807) is 12.1 Å². The maximum Gasteiger partial charge on any atom is 0.327 e. The van der Waals surface area contributed by atoms with Crippen molar-refractivity contribution in [1.82, 2.24) is 15.1 Å². The van der Waals surface area contributed by atoms with Crippen LogP contribution in [0.1, 0.15) is 24.8 Å². The summed E-state index contributed by atoms with van der Waals surface area (Å²) >= 11 is 0. The second-order valence-corrected chi connectivity index (χ2v) is 9.91. The van der Waals surface area contributed by atoms with Gasteiger partial charge in [0.05, 0.1) is 11.6 Å². The van der Waals surface area contributed by atoms with E-state index in [2.05, 4.69) is 17.2 Å². The van der Waals surface area contributed by atoms with Gasteiger partial charge < -0.3 is 25.0 Å². The smallest absolute Gasteiger partial charge is 0.327 e. The highest BCUT2D eigenvalue weighted by molar-refractivity contribution is 6.02. The van der Waals surface area contributed by atoms with Crippen molar-refractivity contribution in [2.45, 2.75) is 31.8 Å². The van der Waals surface area contributed by atoms with Crippen molar-refractivity contribution in [2.75, 3.05) is 25.2 Å². The number of ether oxygens (including phenoxy) is 2. The minimum Gasteiger partial charge on any atom is -0.454 e. The summed E-state index contributed by atoms with van der Waals surface area (Å²) in [4.78, 5) is 54.7. The third-order valence-electron chi connectivity index (χ3n) is 7.38. The second kappa shape index (κ2) is 11.3. The summed E-state index contributed by atoms with van der Waals surface area (Å²) in [6, 6.07) is 6.69. The van der Waals surface area contributed by atoms with Crippen LogP contribution in [0, 0.1) is 23.5 Å². The van der Waals surface area contributed by atoms with E-state index in [9.17, 15) is 28.0 Å². The van der Waals surface area contributed by atoms with E-state index in [4.69, 9.17) is 9.47 Å². The lowest BCUT2D eigenvalue weighted by Gasteiger charge is -2.47. The molecule has 1 saturated carbocycles. The molecule has 2 aromatic carbocycles. The molecule has 3 atom stereocenters. The van der Waals surface area contributed by atoms with E-state index in [0.717, 1.165) is 22.6 Å². The first kappa shape index (κ1) is 27.1. The number of hydrogen-bond acceptors (Lipinski definition) is 6. The largest absolute Gasteiger partial charge is 0.454 e. The first-order valence-corrected chi connectivity index (χ1v) is 12.9. The number of hydrogen-bond donors (Lipinski definition) is 2. The predicted molar refractivity (Wildman–Crippen MR) is 138 cm³/mol. The van der Waals surface area contributed by atoms with Crippen LogP contribution in [0.2, 0.25) is 0 Å². The van der Waals surface area contributed by atoms with Gasteiger partial charge in [-0.25, -0.2) is 13.6 Å². The van der Waals surface area contributed by atoms with E-state index in [1.807, 2.05) is 6.07 Å². The van der Waals surface area contributed by atoms with Crippen molar-refractivity contribution in [3.05, 3.63) is 66.3 Å². The molecule has 5 amide bonds. The molecule has 2 heterocycles. The number of amides is 5. The Morgan fingerprint density at radius 1 is 1.07 bits per heavy atom. The van der Waals surface area contributed by atoms with Crippen molar-refractivity contribution in [1.29, 1.82) is 0 Å². The number of nitrogens with one attached hydrogen (secondary N) is 2. The normalized spacial score (nSPS) is 21.6. The molecule has 0 bridgehead atoms. The topological polar surface area (TPSA) is 117 Å². The van der Waals surface area contributed by atoms with Crippen LogP contribution >= 0.6 is 0 Å².